The van der Waals surface area contributed by atoms with Gasteiger partial charge in [0, 0.05) is 24.1 Å². The first-order chi connectivity index (χ1) is 14.1. The number of halogens is 3. The van der Waals surface area contributed by atoms with E-state index in [1.54, 1.807) is 6.07 Å². The van der Waals surface area contributed by atoms with Crippen LogP contribution in [0.5, 0.6) is 0 Å². The number of anilines is 2. The topological polar surface area (TPSA) is 61.0 Å². The van der Waals surface area contributed by atoms with Crippen LogP contribution in [0.1, 0.15) is 32.6 Å². The molecule has 0 aliphatic carbocycles. The van der Waals surface area contributed by atoms with Gasteiger partial charge in [-0.1, -0.05) is 24.7 Å². The van der Waals surface area contributed by atoms with E-state index in [0.29, 0.717) is 10.0 Å². The third kappa shape index (κ3) is 9.61. The number of unbranched alkanes of at least 4 members (excludes halogenated alkanes) is 2. The number of benzene rings is 1. The molecular weight excluding hydrogens is 480 g/mol. The Balaban J connectivity index is 1.62. The van der Waals surface area contributed by atoms with E-state index < -0.39 is 0 Å². The van der Waals surface area contributed by atoms with Gasteiger partial charge >= 0.3 is 0 Å². The second-order valence-corrected chi connectivity index (χ2v) is 9.11. The maximum atomic E-state index is 14.3. The molecule has 0 spiro atoms. The lowest BCUT2D eigenvalue weighted by molar-refractivity contribution is 0.577. The van der Waals surface area contributed by atoms with E-state index in [2.05, 4.69) is 48.5 Å². The average Bonchev–Trinajstić information content (AvgIpc) is 3.12. The number of aromatic nitrogens is 1. The van der Waals surface area contributed by atoms with Crippen LogP contribution in [0.2, 0.25) is 0 Å². The molecule has 2 aromatic rings. The lowest BCUT2D eigenvalue weighted by atomic mass is 10.2. The van der Waals surface area contributed by atoms with Crippen LogP contribution in [0.4, 0.5) is 19.6 Å². The smallest absolute Gasteiger partial charge is 0.198 e. The summed E-state index contributed by atoms with van der Waals surface area (Å²) in [7, 11) is 0. The largest absolute Gasteiger partial charge is 0.384 e. The molecule has 0 unspecified atom stereocenters. The van der Waals surface area contributed by atoms with Crippen LogP contribution in [0.25, 0.3) is 0 Å². The zero-order valence-electron chi connectivity index (χ0n) is 16.5. The van der Waals surface area contributed by atoms with Gasteiger partial charge in [0.1, 0.15) is 5.82 Å². The van der Waals surface area contributed by atoms with Crippen molar-refractivity contribution in [2.45, 2.75) is 37.5 Å². The molecule has 0 bridgehead atoms. The van der Waals surface area contributed by atoms with Crippen LogP contribution in [0.3, 0.4) is 0 Å². The molecule has 10 heteroatoms. The third-order valence-corrected chi connectivity index (χ3v) is 6.34. The normalized spacial score (nSPS) is 11.0. The number of nitrogens with one attached hydrogen (secondary N) is 4. The number of nitrogens with zero attached hydrogens (tertiary/aromatic N) is 1. The van der Waals surface area contributed by atoms with Gasteiger partial charge in [-0.25, -0.2) is 9.37 Å². The summed E-state index contributed by atoms with van der Waals surface area (Å²) >= 11 is 5.43. The van der Waals surface area contributed by atoms with Crippen molar-refractivity contribution in [3.8, 4) is 0 Å². The van der Waals surface area contributed by atoms with E-state index in [4.69, 9.17) is 0 Å². The molecule has 1 aromatic heterocycles. The fraction of sp³-hybridized carbons (Fsp3) is 0.526. The number of thiazole rings is 1. The summed E-state index contributed by atoms with van der Waals surface area (Å²) in [6.45, 7) is 7.02. The van der Waals surface area contributed by atoms with Crippen molar-refractivity contribution in [3.63, 3.8) is 0 Å². The molecular formula is C19H28BrF2N5S2. The standard InChI is InChI=1S/C19H28BrF2N5S2/c1-2-3-6-23-9-10-24-7-4-5-8-25-16-12-15(21)17(11-14(16)20)29-27-19-26-13-18(22)28-19/h11-13,23-25H,2-10H2,1H3,(H,26,27). The lowest BCUT2D eigenvalue weighted by Gasteiger charge is -2.11. The van der Waals surface area contributed by atoms with Gasteiger partial charge in [0.05, 0.1) is 16.8 Å². The van der Waals surface area contributed by atoms with Crippen molar-refractivity contribution < 1.29 is 8.78 Å². The molecule has 4 N–H and O–H groups in total. The number of hydrogen-bond acceptors (Lipinski definition) is 7. The first kappa shape index (κ1) is 24.3. The van der Waals surface area contributed by atoms with E-state index in [1.165, 1.54) is 18.9 Å². The van der Waals surface area contributed by atoms with Gasteiger partial charge in [-0.2, -0.15) is 4.39 Å². The number of hydrogen-bond donors (Lipinski definition) is 4. The van der Waals surface area contributed by atoms with E-state index in [9.17, 15) is 8.78 Å². The monoisotopic (exact) mass is 507 g/mol. The maximum Gasteiger partial charge on any atom is 0.198 e. The summed E-state index contributed by atoms with van der Waals surface area (Å²) in [5.74, 6) is -0.345. The summed E-state index contributed by atoms with van der Waals surface area (Å²) in [5.41, 5.74) is 0.722. The predicted molar refractivity (Wildman–Crippen MR) is 124 cm³/mol. The van der Waals surface area contributed by atoms with Crippen molar-refractivity contribution in [1.29, 1.82) is 0 Å². The molecule has 0 atom stereocenters. The molecule has 1 heterocycles. The second-order valence-electron chi connectivity index (χ2n) is 6.42. The van der Waals surface area contributed by atoms with Gasteiger partial charge in [0.2, 0.25) is 0 Å². The molecule has 0 amide bonds. The Hall–Kier alpha value is -0.940. The van der Waals surface area contributed by atoms with E-state index in [-0.39, 0.29) is 10.9 Å². The Bertz CT molecular complexity index is 733. The van der Waals surface area contributed by atoms with Crippen LogP contribution in [-0.4, -0.2) is 37.7 Å². The summed E-state index contributed by atoms with van der Waals surface area (Å²) in [6, 6.07) is 3.17. The molecule has 29 heavy (non-hydrogen) atoms. The number of rotatable bonds is 15. The van der Waals surface area contributed by atoms with Crippen LogP contribution in [0, 0.1) is 10.9 Å². The maximum absolute atomic E-state index is 14.3. The molecule has 0 radical (unpaired) electrons. The minimum Gasteiger partial charge on any atom is -0.384 e. The van der Waals surface area contributed by atoms with E-state index >= 15 is 0 Å². The van der Waals surface area contributed by atoms with Gasteiger partial charge in [-0.05, 0) is 72.4 Å². The van der Waals surface area contributed by atoms with Crippen molar-refractivity contribution in [2.24, 2.45) is 0 Å². The van der Waals surface area contributed by atoms with E-state index in [1.807, 2.05) is 0 Å². The van der Waals surface area contributed by atoms with Gasteiger partial charge in [0.25, 0.3) is 0 Å². The Morgan fingerprint density at radius 3 is 2.45 bits per heavy atom. The van der Waals surface area contributed by atoms with Crippen LogP contribution < -0.4 is 20.7 Å². The molecule has 0 aliphatic heterocycles. The second kappa shape index (κ2) is 14.1. The zero-order valence-corrected chi connectivity index (χ0v) is 19.7. The molecule has 0 fully saturated rings. The van der Waals surface area contributed by atoms with Gasteiger partial charge in [0.15, 0.2) is 10.3 Å². The molecule has 0 aliphatic rings. The van der Waals surface area contributed by atoms with Crippen molar-refractivity contribution in [2.75, 3.05) is 42.8 Å². The minimum absolute atomic E-state index is 0.345. The summed E-state index contributed by atoms with van der Waals surface area (Å²) in [6.07, 6.45) is 5.64. The Morgan fingerprint density at radius 1 is 1.03 bits per heavy atom. The highest BCUT2D eigenvalue weighted by molar-refractivity contribution is 9.10. The fourth-order valence-electron chi connectivity index (χ4n) is 2.47. The van der Waals surface area contributed by atoms with Gasteiger partial charge in [-0.15, -0.1) is 0 Å². The summed E-state index contributed by atoms with van der Waals surface area (Å²) < 4.78 is 30.9. The molecule has 5 nitrogen and oxygen atoms in total. The molecule has 1 aromatic carbocycles. The fourth-order valence-corrected chi connectivity index (χ4v) is 4.37. The Kier molecular flexibility index (Phi) is 11.9. The highest BCUT2D eigenvalue weighted by atomic mass is 79.9. The molecule has 0 saturated heterocycles. The zero-order chi connectivity index (χ0) is 20.9. The van der Waals surface area contributed by atoms with Crippen molar-refractivity contribution in [1.82, 2.24) is 15.6 Å². The minimum atomic E-state index is -0.381. The SMILES string of the molecule is CCCCNCCNCCCCNc1cc(F)c(SNc2ncc(F)s2)cc1Br. The lowest BCUT2D eigenvalue weighted by Crippen LogP contribution is -2.28. The quantitative estimate of drug-likeness (QED) is 0.189. The summed E-state index contributed by atoms with van der Waals surface area (Å²) in [5, 5.41) is 10.1. The molecule has 162 valence electrons. The van der Waals surface area contributed by atoms with Crippen molar-refractivity contribution >= 4 is 50.0 Å². The molecule has 0 saturated carbocycles. The van der Waals surface area contributed by atoms with E-state index in [0.717, 1.165) is 85.2 Å². The average molecular weight is 509 g/mol. The molecule has 2 rings (SSSR count). The van der Waals surface area contributed by atoms with Gasteiger partial charge in [-0.3, -0.25) is 0 Å². The Morgan fingerprint density at radius 2 is 1.76 bits per heavy atom. The van der Waals surface area contributed by atoms with Crippen LogP contribution >= 0.6 is 39.2 Å². The highest BCUT2D eigenvalue weighted by Gasteiger charge is 2.10. The van der Waals surface area contributed by atoms with Crippen LogP contribution in [-0.2, 0) is 0 Å². The van der Waals surface area contributed by atoms with Crippen LogP contribution in [0.15, 0.2) is 27.7 Å². The Labute approximate surface area is 188 Å². The highest BCUT2D eigenvalue weighted by Crippen LogP contribution is 2.32. The van der Waals surface area contributed by atoms with Gasteiger partial charge < -0.3 is 20.7 Å². The third-order valence-electron chi connectivity index (χ3n) is 4.03. The predicted octanol–water partition coefficient (Wildman–Crippen LogP) is 5.47. The first-order valence-corrected chi connectivity index (χ1v) is 12.2. The van der Waals surface area contributed by atoms with Crippen molar-refractivity contribution in [3.05, 3.63) is 33.8 Å². The summed E-state index contributed by atoms with van der Waals surface area (Å²) in [4.78, 5) is 4.26. The first-order valence-electron chi connectivity index (χ1n) is 9.78.